The molecule has 0 unspecified atom stereocenters. The third kappa shape index (κ3) is 5.37. The number of aromatic nitrogens is 1. The lowest BCUT2D eigenvalue weighted by Crippen LogP contribution is -2.23. The first-order valence-corrected chi connectivity index (χ1v) is 7.11. The first-order chi connectivity index (χ1) is 10.7. The Balaban J connectivity index is 1.94. The van der Waals surface area contributed by atoms with Gasteiger partial charge in [-0.2, -0.15) is 13.2 Å². The Bertz CT molecular complexity index is 682. The zero-order valence-electron chi connectivity index (χ0n) is 11.5. The molecule has 0 aliphatic rings. The number of benzene rings is 1. The van der Waals surface area contributed by atoms with Crippen molar-refractivity contribution in [3.8, 4) is 5.75 Å². The summed E-state index contributed by atoms with van der Waals surface area (Å²) in [6.07, 6.45) is -4.41. The molecule has 0 aliphatic heterocycles. The van der Waals surface area contributed by atoms with Crippen molar-refractivity contribution < 1.29 is 22.7 Å². The van der Waals surface area contributed by atoms with E-state index >= 15 is 0 Å². The van der Waals surface area contributed by atoms with Crippen LogP contribution in [0.3, 0.4) is 0 Å². The fourth-order valence-electron chi connectivity index (χ4n) is 1.71. The lowest BCUT2D eigenvalue weighted by Gasteiger charge is -2.10. The van der Waals surface area contributed by atoms with Crippen LogP contribution in [-0.2, 0) is 6.54 Å². The van der Waals surface area contributed by atoms with Crippen LogP contribution in [0.2, 0.25) is 10.2 Å². The Labute approximate surface area is 139 Å². The number of hydrogen-bond donors (Lipinski definition) is 2. The van der Waals surface area contributed by atoms with Gasteiger partial charge in [0, 0.05) is 6.54 Å². The monoisotopic (exact) mass is 366 g/mol. The smallest absolute Gasteiger partial charge is 0.422 e. The highest BCUT2D eigenvalue weighted by Crippen LogP contribution is 2.22. The number of aromatic amines is 1. The molecule has 0 saturated heterocycles. The normalized spacial score (nSPS) is 11.3. The number of rotatable bonds is 5. The molecule has 4 nitrogen and oxygen atoms in total. The van der Waals surface area contributed by atoms with Crippen molar-refractivity contribution in [1.29, 1.82) is 0 Å². The van der Waals surface area contributed by atoms with Gasteiger partial charge in [0.05, 0.1) is 5.02 Å². The van der Waals surface area contributed by atoms with E-state index in [4.69, 9.17) is 23.2 Å². The second-order valence-electron chi connectivity index (χ2n) is 4.58. The largest absolute Gasteiger partial charge is 0.484 e. The summed E-state index contributed by atoms with van der Waals surface area (Å²) in [6.45, 7) is -1.27. The third-order valence-electron chi connectivity index (χ3n) is 2.72. The van der Waals surface area contributed by atoms with Crippen LogP contribution in [0.5, 0.6) is 5.75 Å². The summed E-state index contributed by atoms with van der Waals surface area (Å²) >= 11 is 11.4. The number of carbonyl (C=O) groups excluding carboxylic acids is 1. The first-order valence-electron chi connectivity index (χ1n) is 6.35. The van der Waals surface area contributed by atoms with Gasteiger partial charge in [-0.3, -0.25) is 4.79 Å². The van der Waals surface area contributed by atoms with Gasteiger partial charge in [0.1, 0.15) is 16.6 Å². The molecule has 23 heavy (non-hydrogen) atoms. The van der Waals surface area contributed by atoms with Crippen LogP contribution in [0.15, 0.2) is 30.3 Å². The number of halogens is 5. The summed E-state index contributed by atoms with van der Waals surface area (Å²) in [5, 5.41) is 2.96. The number of ether oxygens (including phenoxy) is 1. The minimum Gasteiger partial charge on any atom is -0.484 e. The van der Waals surface area contributed by atoms with Crippen LogP contribution in [-0.4, -0.2) is 23.7 Å². The van der Waals surface area contributed by atoms with Gasteiger partial charge in [-0.15, -0.1) is 0 Å². The van der Waals surface area contributed by atoms with Gasteiger partial charge in [-0.25, -0.2) is 0 Å². The van der Waals surface area contributed by atoms with Crippen LogP contribution in [0, 0.1) is 0 Å². The Morgan fingerprint density at radius 3 is 2.61 bits per heavy atom. The predicted molar refractivity (Wildman–Crippen MR) is 80.0 cm³/mol. The molecule has 1 amide bonds. The molecule has 0 spiro atoms. The topological polar surface area (TPSA) is 54.1 Å². The SMILES string of the molecule is O=C(NCc1cccc(OCC(F)(F)F)c1)c1cc(Cl)c(Cl)[nH]1. The molecule has 1 aromatic heterocycles. The highest BCUT2D eigenvalue weighted by molar-refractivity contribution is 6.41. The maximum absolute atomic E-state index is 12.1. The van der Waals surface area contributed by atoms with Crippen LogP contribution >= 0.6 is 23.2 Å². The molecule has 2 N–H and O–H groups in total. The molecule has 2 rings (SSSR count). The van der Waals surface area contributed by atoms with E-state index in [1.54, 1.807) is 6.07 Å². The first kappa shape index (κ1) is 17.5. The van der Waals surface area contributed by atoms with Crippen molar-refractivity contribution in [2.24, 2.45) is 0 Å². The molecule has 1 aromatic carbocycles. The van der Waals surface area contributed by atoms with Gasteiger partial charge in [-0.1, -0.05) is 35.3 Å². The number of nitrogens with one attached hydrogen (secondary N) is 2. The molecule has 1 heterocycles. The van der Waals surface area contributed by atoms with Crippen molar-refractivity contribution in [1.82, 2.24) is 10.3 Å². The minimum atomic E-state index is -4.41. The maximum atomic E-state index is 12.1. The molecule has 124 valence electrons. The maximum Gasteiger partial charge on any atom is 0.422 e. The van der Waals surface area contributed by atoms with E-state index in [0.717, 1.165) is 0 Å². The van der Waals surface area contributed by atoms with Crippen LogP contribution in [0.4, 0.5) is 13.2 Å². The average molecular weight is 367 g/mol. The van der Waals surface area contributed by atoms with E-state index in [9.17, 15) is 18.0 Å². The fourth-order valence-corrected chi connectivity index (χ4v) is 2.03. The molecule has 0 aliphatic carbocycles. The van der Waals surface area contributed by atoms with Crippen molar-refractivity contribution >= 4 is 29.1 Å². The van der Waals surface area contributed by atoms with Crippen molar-refractivity contribution in [2.75, 3.05) is 6.61 Å². The second-order valence-corrected chi connectivity index (χ2v) is 5.36. The summed E-state index contributed by atoms with van der Waals surface area (Å²) in [6, 6.07) is 7.38. The third-order valence-corrected chi connectivity index (χ3v) is 3.42. The fraction of sp³-hybridized carbons (Fsp3) is 0.214. The molecule has 0 radical (unpaired) electrons. The number of alkyl halides is 3. The summed E-state index contributed by atoms with van der Waals surface area (Å²) in [7, 11) is 0. The summed E-state index contributed by atoms with van der Waals surface area (Å²) in [4.78, 5) is 14.5. The van der Waals surface area contributed by atoms with Gasteiger partial charge in [0.15, 0.2) is 6.61 Å². The average Bonchev–Trinajstić information content (AvgIpc) is 2.82. The molecule has 0 atom stereocenters. The van der Waals surface area contributed by atoms with Crippen LogP contribution in [0.1, 0.15) is 16.1 Å². The highest BCUT2D eigenvalue weighted by atomic mass is 35.5. The van der Waals surface area contributed by atoms with Gasteiger partial charge in [0.25, 0.3) is 5.91 Å². The minimum absolute atomic E-state index is 0.0695. The van der Waals surface area contributed by atoms with E-state index in [1.165, 1.54) is 24.3 Å². The van der Waals surface area contributed by atoms with Gasteiger partial charge >= 0.3 is 6.18 Å². The Morgan fingerprint density at radius 2 is 2.00 bits per heavy atom. The zero-order chi connectivity index (χ0) is 17.0. The van der Waals surface area contributed by atoms with Crippen LogP contribution in [0.25, 0.3) is 0 Å². The summed E-state index contributed by atoms with van der Waals surface area (Å²) < 4.78 is 41.0. The Morgan fingerprint density at radius 1 is 1.26 bits per heavy atom. The standard InChI is InChI=1S/C14H11Cl2F3N2O2/c15-10-5-11(21-12(10)16)13(22)20-6-8-2-1-3-9(4-8)23-7-14(17,18)19/h1-5,21H,6-7H2,(H,20,22). The summed E-state index contributed by atoms with van der Waals surface area (Å²) in [5.41, 5.74) is 0.770. The molecule has 9 heteroatoms. The van der Waals surface area contributed by atoms with Crippen molar-refractivity contribution in [3.63, 3.8) is 0 Å². The highest BCUT2D eigenvalue weighted by Gasteiger charge is 2.28. The second kappa shape index (κ2) is 7.14. The molecular formula is C14H11Cl2F3N2O2. The lowest BCUT2D eigenvalue weighted by atomic mass is 10.2. The van der Waals surface area contributed by atoms with E-state index in [1.807, 2.05) is 0 Å². The van der Waals surface area contributed by atoms with Crippen molar-refractivity contribution in [2.45, 2.75) is 12.7 Å². The zero-order valence-corrected chi connectivity index (χ0v) is 13.0. The number of carbonyl (C=O) groups is 1. The van der Waals surface area contributed by atoms with E-state index in [0.29, 0.717) is 5.56 Å². The van der Waals surface area contributed by atoms with Gasteiger partial charge in [0.2, 0.25) is 0 Å². The predicted octanol–water partition coefficient (Wildman–Crippen LogP) is 4.19. The van der Waals surface area contributed by atoms with Gasteiger partial charge in [-0.05, 0) is 23.8 Å². The Kier molecular flexibility index (Phi) is 5.43. The number of amides is 1. The lowest BCUT2D eigenvalue weighted by molar-refractivity contribution is -0.153. The number of H-pyrrole nitrogens is 1. The van der Waals surface area contributed by atoms with Gasteiger partial charge < -0.3 is 15.0 Å². The molecule has 0 bridgehead atoms. The van der Waals surface area contributed by atoms with E-state index in [2.05, 4.69) is 15.0 Å². The van der Waals surface area contributed by atoms with Crippen LogP contribution < -0.4 is 10.1 Å². The van der Waals surface area contributed by atoms with Crippen molar-refractivity contribution in [3.05, 3.63) is 51.8 Å². The molecular weight excluding hydrogens is 356 g/mol. The summed E-state index contributed by atoms with van der Waals surface area (Å²) in [5.74, 6) is -0.375. The molecule has 2 aromatic rings. The van der Waals surface area contributed by atoms with E-state index < -0.39 is 18.7 Å². The van der Waals surface area contributed by atoms with E-state index in [-0.39, 0.29) is 28.2 Å². The quantitative estimate of drug-likeness (QED) is 0.833. The number of hydrogen-bond acceptors (Lipinski definition) is 2. The molecule has 0 fully saturated rings. The molecule has 0 saturated carbocycles. The Hall–Kier alpha value is -1.86.